The molecule has 0 aromatic heterocycles. The molecule has 0 bridgehead atoms. The fourth-order valence-corrected chi connectivity index (χ4v) is 2.75. The molecular weight excluding hydrogens is 300 g/mol. The Morgan fingerprint density at radius 2 is 1.46 bits per heavy atom. The van der Waals surface area contributed by atoms with Crippen LogP contribution in [0.1, 0.15) is 0 Å². The maximum absolute atomic E-state index is 12.2. The van der Waals surface area contributed by atoms with Crippen molar-refractivity contribution in [1.82, 2.24) is 0 Å². The van der Waals surface area contributed by atoms with Gasteiger partial charge in [-0.15, -0.1) is 0 Å². The summed E-state index contributed by atoms with van der Waals surface area (Å²) in [5.74, 6) is 0.725. The van der Waals surface area contributed by atoms with Gasteiger partial charge in [-0.25, -0.2) is 4.79 Å². The summed E-state index contributed by atoms with van der Waals surface area (Å²) < 4.78 is 0. The summed E-state index contributed by atoms with van der Waals surface area (Å²) in [6, 6.07) is 19.2. The summed E-state index contributed by atoms with van der Waals surface area (Å²) in [6.45, 7) is 3.82. The number of carbonyl (C=O) groups is 1. The Bertz CT molecular complexity index is 964. The molecule has 1 aliphatic heterocycles. The van der Waals surface area contributed by atoms with Crippen molar-refractivity contribution in [3.8, 4) is 0 Å². The molecule has 5 nitrogen and oxygen atoms in total. The first-order valence-electron chi connectivity index (χ1n) is 7.61. The summed E-state index contributed by atoms with van der Waals surface area (Å²) >= 11 is 0. The van der Waals surface area contributed by atoms with Gasteiger partial charge in [-0.3, -0.25) is 0 Å². The molecule has 0 radical (unpaired) electrons. The summed E-state index contributed by atoms with van der Waals surface area (Å²) in [7, 11) is 0. The molecule has 4 rings (SSSR count). The van der Waals surface area contributed by atoms with Gasteiger partial charge >= 0.3 is 6.03 Å². The number of nitrogens with one attached hydrogen (secondary N) is 4. The highest BCUT2D eigenvalue weighted by Crippen LogP contribution is 2.32. The van der Waals surface area contributed by atoms with Gasteiger partial charge in [0, 0.05) is 11.4 Å². The average molecular weight is 316 g/mol. The highest BCUT2D eigenvalue weighted by Gasteiger charge is 2.13. The lowest BCUT2D eigenvalue weighted by molar-refractivity contribution is 0.262. The highest BCUT2D eigenvalue weighted by atomic mass is 16.2. The van der Waals surface area contributed by atoms with Crippen molar-refractivity contribution in [1.29, 1.82) is 0 Å². The van der Waals surface area contributed by atoms with E-state index < -0.39 is 0 Å². The van der Waals surface area contributed by atoms with Gasteiger partial charge in [-0.1, -0.05) is 36.9 Å². The Hall–Kier alpha value is -3.47. The normalized spacial score (nSPS) is 12.2. The molecule has 0 fully saturated rings. The van der Waals surface area contributed by atoms with E-state index in [-0.39, 0.29) is 6.03 Å². The molecular formula is C19H16N4O. The molecule has 0 spiro atoms. The second-order valence-corrected chi connectivity index (χ2v) is 5.63. The zero-order valence-electron chi connectivity index (χ0n) is 12.9. The SMILES string of the molecule is C=C1Nc2ccc(NC(=O)Nc3ccc4ccccc4c3)cc2N1. The quantitative estimate of drug-likeness (QED) is 0.549. The van der Waals surface area contributed by atoms with Crippen LogP contribution in [-0.4, -0.2) is 6.03 Å². The molecule has 2 amide bonds. The molecule has 118 valence electrons. The molecule has 1 heterocycles. The molecule has 4 N–H and O–H groups in total. The minimum atomic E-state index is -0.282. The minimum absolute atomic E-state index is 0.282. The minimum Gasteiger partial charge on any atom is -0.341 e. The highest BCUT2D eigenvalue weighted by molar-refractivity contribution is 6.02. The topological polar surface area (TPSA) is 65.2 Å². The van der Waals surface area contributed by atoms with Gasteiger partial charge < -0.3 is 21.3 Å². The average Bonchev–Trinajstić information content (AvgIpc) is 2.94. The second-order valence-electron chi connectivity index (χ2n) is 5.63. The molecule has 3 aromatic rings. The molecule has 0 aliphatic carbocycles. The van der Waals surface area contributed by atoms with E-state index in [1.165, 1.54) is 0 Å². The van der Waals surface area contributed by atoms with Crippen LogP contribution in [0.25, 0.3) is 10.8 Å². The van der Waals surface area contributed by atoms with E-state index in [2.05, 4.69) is 27.8 Å². The number of hydrogen-bond donors (Lipinski definition) is 4. The molecule has 24 heavy (non-hydrogen) atoms. The van der Waals surface area contributed by atoms with Crippen molar-refractivity contribution in [2.45, 2.75) is 0 Å². The third-order valence-corrected chi connectivity index (χ3v) is 3.86. The lowest BCUT2D eigenvalue weighted by Gasteiger charge is -2.09. The van der Waals surface area contributed by atoms with E-state index in [1.54, 1.807) is 0 Å². The maximum atomic E-state index is 12.2. The Balaban J connectivity index is 1.48. The molecule has 0 saturated carbocycles. The molecule has 3 aromatic carbocycles. The van der Waals surface area contributed by atoms with Gasteiger partial charge in [0.05, 0.1) is 11.4 Å². The predicted molar refractivity (Wildman–Crippen MR) is 99.4 cm³/mol. The van der Waals surface area contributed by atoms with Crippen LogP contribution in [0.5, 0.6) is 0 Å². The van der Waals surface area contributed by atoms with Crippen LogP contribution >= 0.6 is 0 Å². The number of amides is 2. The van der Waals surface area contributed by atoms with Crippen LogP contribution in [0.15, 0.2) is 73.1 Å². The number of benzene rings is 3. The standard InChI is InChI=1S/C19H16N4O/c1-12-20-17-9-8-16(11-18(17)21-12)23-19(24)22-15-7-6-13-4-2-3-5-14(13)10-15/h2-11,20-21H,1H2,(H2,22,23,24). The smallest absolute Gasteiger partial charge is 0.323 e. The largest absolute Gasteiger partial charge is 0.341 e. The zero-order valence-corrected chi connectivity index (χ0v) is 12.9. The first kappa shape index (κ1) is 14.1. The van der Waals surface area contributed by atoms with Crippen molar-refractivity contribution >= 4 is 39.6 Å². The predicted octanol–water partition coefficient (Wildman–Crippen LogP) is 4.79. The van der Waals surface area contributed by atoms with Crippen LogP contribution in [0.4, 0.5) is 27.5 Å². The third kappa shape index (κ3) is 2.75. The van der Waals surface area contributed by atoms with Gasteiger partial charge in [0.25, 0.3) is 0 Å². The lowest BCUT2D eigenvalue weighted by Crippen LogP contribution is -2.19. The van der Waals surface area contributed by atoms with Crippen LogP contribution in [0.3, 0.4) is 0 Å². The van der Waals surface area contributed by atoms with E-state index in [9.17, 15) is 4.79 Å². The number of anilines is 4. The number of rotatable bonds is 2. The third-order valence-electron chi connectivity index (χ3n) is 3.86. The van der Waals surface area contributed by atoms with Crippen LogP contribution in [0, 0.1) is 0 Å². The van der Waals surface area contributed by atoms with E-state index in [0.717, 1.165) is 33.7 Å². The van der Waals surface area contributed by atoms with Crippen LogP contribution < -0.4 is 21.3 Å². The summed E-state index contributed by atoms with van der Waals surface area (Å²) in [4.78, 5) is 12.2. The van der Waals surface area contributed by atoms with Crippen molar-refractivity contribution in [2.75, 3.05) is 21.3 Å². The van der Waals surface area contributed by atoms with Gasteiger partial charge in [0.2, 0.25) is 0 Å². The first-order valence-corrected chi connectivity index (χ1v) is 7.61. The number of urea groups is 1. The van der Waals surface area contributed by atoms with Gasteiger partial charge in [-0.2, -0.15) is 0 Å². The zero-order chi connectivity index (χ0) is 16.5. The summed E-state index contributed by atoms with van der Waals surface area (Å²) in [5.41, 5.74) is 3.29. The lowest BCUT2D eigenvalue weighted by atomic mass is 10.1. The summed E-state index contributed by atoms with van der Waals surface area (Å²) in [5, 5.41) is 14.1. The molecule has 0 atom stereocenters. The number of fused-ring (bicyclic) bond motifs is 2. The maximum Gasteiger partial charge on any atom is 0.323 e. The Morgan fingerprint density at radius 3 is 2.29 bits per heavy atom. The Morgan fingerprint density at radius 1 is 0.792 bits per heavy atom. The first-order chi connectivity index (χ1) is 11.7. The fraction of sp³-hybridized carbons (Fsp3) is 0. The molecule has 0 saturated heterocycles. The van der Waals surface area contributed by atoms with Crippen molar-refractivity contribution in [3.05, 3.63) is 73.1 Å². The molecule has 1 aliphatic rings. The monoisotopic (exact) mass is 316 g/mol. The summed E-state index contributed by atoms with van der Waals surface area (Å²) in [6.07, 6.45) is 0. The van der Waals surface area contributed by atoms with E-state index in [0.29, 0.717) is 5.69 Å². The van der Waals surface area contributed by atoms with Gasteiger partial charge in [0.15, 0.2) is 0 Å². The van der Waals surface area contributed by atoms with E-state index in [1.807, 2.05) is 60.7 Å². The van der Waals surface area contributed by atoms with Crippen molar-refractivity contribution in [2.24, 2.45) is 0 Å². The van der Waals surface area contributed by atoms with Crippen LogP contribution in [0.2, 0.25) is 0 Å². The van der Waals surface area contributed by atoms with E-state index >= 15 is 0 Å². The number of hydrogen-bond acceptors (Lipinski definition) is 3. The van der Waals surface area contributed by atoms with Crippen molar-refractivity contribution in [3.63, 3.8) is 0 Å². The molecule has 0 unspecified atom stereocenters. The fourth-order valence-electron chi connectivity index (χ4n) is 2.75. The molecule has 5 heteroatoms. The van der Waals surface area contributed by atoms with Crippen LogP contribution in [-0.2, 0) is 0 Å². The van der Waals surface area contributed by atoms with Crippen molar-refractivity contribution < 1.29 is 4.79 Å². The van der Waals surface area contributed by atoms with Gasteiger partial charge in [-0.05, 0) is 41.1 Å². The Kier molecular flexibility index (Phi) is 3.31. The number of carbonyl (C=O) groups excluding carboxylic acids is 1. The van der Waals surface area contributed by atoms with Gasteiger partial charge in [0.1, 0.15) is 5.82 Å². The Labute approximate surface area is 139 Å². The van der Waals surface area contributed by atoms with E-state index in [4.69, 9.17) is 0 Å². The second kappa shape index (κ2) is 5.62.